The molecule has 0 aromatic heterocycles. The number of non-ortho nitro benzene ring substituents is 1. The van der Waals surface area contributed by atoms with Gasteiger partial charge in [0.05, 0.1) is 34.8 Å². The molecule has 4 aromatic carbocycles. The number of β-lactam (4-membered cyclic amide) rings is 1. The molecule has 4 aromatic rings. The predicted molar refractivity (Wildman–Crippen MR) is 238 cm³/mol. The maximum atomic E-state index is 15.4. The first-order valence-electron chi connectivity index (χ1n) is 19.6. The number of hydrogen-bond donors (Lipinski definition) is 0. The second-order valence-electron chi connectivity index (χ2n) is 15.9. The van der Waals surface area contributed by atoms with Gasteiger partial charge in [0, 0.05) is 31.4 Å². The summed E-state index contributed by atoms with van der Waals surface area (Å²) in [6.07, 6.45) is -0.570. The topological polar surface area (TPSA) is 125 Å². The van der Waals surface area contributed by atoms with Crippen molar-refractivity contribution >= 4 is 71.6 Å². The number of ketones is 1. The van der Waals surface area contributed by atoms with Gasteiger partial charge in [0.15, 0.2) is 8.32 Å². The fourth-order valence-corrected chi connectivity index (χ4v) is 14.2. The summed E-state index contributed by atoms with van der Waals surface area (Å²) in [4.78, 5) is 57.2. The van der Waals surface area contributed by atoms with Gasteiger partial charge in [-0.05, 0) is 72.5 Å². The van der Waals surface area contributed by atoms with Crippen LogP contribution in [0, 0.1) is 16.0 Å². The van der Waals surface area contributed by atoms with E-state index in [1.54, 1.807) is 17.0 Å². The highest BCUT2D eigenvalue weighted by Crippen LogP contribution is 2.51. The number of nitro groups is 1. The molecule has 1 heterocycles. The number of amides is 1. The average molecular weight is 843 g/mol. The smallest absolute Gasteiger partial charge is 0.356 e. The Kier molecular flexibility index (Phi) is 14.8. The third-order valence-corrected chi connectivity index (χ3v) is 21.3. The minimum absolute atomic E-state index is 0.0873. The van der Waals surface area contributed by atoms with Crippen molar-refractivity contribution in [1.29, 1.82) is 0 Å². The summed E-state index contributed by atoms with van der Waals surface area (Å²) in [5.41, 5.74) is 0.603. The molecule has 1 aliphatic rings. The number of rotatable bonds is 18. The van der Waals surface area contributed by atoms with E-state index in [1.165, 1.54) is 30.8 Å². The quantitative estimate of drug-likeness (QED) is 0.0188. The Bertz CT molecular complexity index is 2010. The van der Waals surface area contributed by atoms with E-state index in [-0.39, 0.29) is 34.4 Å². The van der Waals surface area contributed by atoms with Gasteiger partial charge in [-0.25, -0.2) is 4.79 Å². The number of benzene rings is 4. The first-order chi connectivity index (χ1) is 27.6. The zero-order valence-corrected chi connectivity index (χ0v) is 37.3. The van der Waals surface area contributed by atoms with E-state index >= 15 is 9.59 Å². The van der Waals surface area contributed by atoms with Crippen molar-refractivity contribution in [1.82, 2.24) is 4.90 Å². The van der Waals surface area contributed by atoms with Crippen molar-refractivity contribution in [2.24, 2.45) is 5.92 Å². The van der Waals surface area contributed by atoms with E-state index in [2.05, 4.69) is 33.9 Å². The number of Topliss-reactive ketones (excluding diaryl/α,β-unsaturated/α-hetero) is 1. The van der Waals surface area contributed by atoms with Crippen LogP contribution in [0.2, 0.25) is 18.1 Å². The highest BCUT2D eigenvalue weighted by atomic mass is 32.2. The molecular weight excluding hydrogens is 788 g/mol. The third-order valence-electron chi connectivity index (χ3n) is 11.1. The van der Waals surface area contributed by atoms with E-state index in [0.29, 0.717) is 24.5 Å². The van der Waals surface area contributed by atoms with Gasteiger partial charge in [-0.1, -0.05) is 112 Å². The Labute approximate surface area is 347 Å². The maximum Gasteiger partial charge on any atom is 0.356 e. The van der Waals surface area contributed by atoms with Crippen molar-refractivity contribution in [2.45, 2.75) is 83.7 Å². The molecule has 0 N–H and O–H groups in total. The zero-order chi connectivity index (χ0) is 42.3. The summed E-state index contributed by atoms with van der Waals surface area (Å²) in [7, 11) is -2.41. The standard InChI is InChI=1S/C45H55N2O8PSSi/c1-9-53-29-30-57-41(32(2)48)40-39(33(3)55-58(7,8)45(4,5)6)42(49)46(40)43(44(50)54-31-34-25-27-35(28-26-34)47(51)52)56(36-19-13-10-14-20-36,37-21-15-11-16-22-37)38-23-17-12-18-24-38/h10-28,33,39-41H,9,29-31H2,1-8H3/t33-,39+,40+,41?/m0/s1. The largest absolute Gasteiger partial charge is 0.456 e. The van der Waals surface area contributed by atoms with Crippen LogP contribution in [0.25, 0.3) is 0 Å². The molecule has 1 unspecified atom stereocenters. The van der Waals surface area contributed by atoms with Crippen molar-refractivity contribution < 1.29 is 33.2 Å². The van der Waals surface area contributed by atoms with Gasteiger partial charge in [0.25, 0.3) is 5.69 Å². The SMILES string of the molecule is CCOCCSC(C(C)=O)[C@H]1[C@@H]([C@H](C)O[Si](C)(C)C(C)(C)C)C(=O)N1C(C(=O)OCc1ccc([N+](=O)[O-])cc1)=P(c1ccccc1)(c1ccccc1)c1ccccc1. The lowest BCUT2D eigenvalue weighted by Gasteiger charge is -2.54. The molecule has 0 aliphatic carbocycles. The Morgan fingerprint density at radius 1 is 0.879 bits per heavy atom. The Balaban J connectivity index is 1.84. The van der Waals surface area contributed by atoms with Crippen LogP contribution in [0.15, 0.2) is 115 Å². The minimum Gasteiger partial charge on any atom is -0.456 e. The van der Waals surface area contributed by atoms with Gasteiger partial charge in [-0.15, -0.1) is 11.8 Å². The molecule has 13 heteroatoms. The van der Waals surface area contributed by atoms with Crippen LogP contribution in [0.4, 0.5) is 5.69 Å². The van der Waals surface area contributed by atoms with Crippen molar-refractivity contribution in [3.63, 3.8) is 0 Å². The Morgan fingerprint density at radius 2 is 1.38 bits per heavy atom. The lowest BCUT2D eigenvalue weighted by Crippen LogP contribution is -2.72. The molecule has 10 nitrogen and oxygen atoms in total. The predicted octanol–water partition coefficient (Wildman–Crippen LogP) is 7.73. The number of carbonyl (C=O) groups excluding carboxylic acids is 3. The molecule has 1 amide bonds. The fraction of sp³-hybridized carbons (Fsp3) is 0.378. The van der Waals surface area contributed by atoms with Crippen LogP contribution < -0.4 is 15.9 Å². The molecule has 58 heavy (non-hydrogen) atoms. The van der Waals surface area contributed by atoms with Gasteiger partial charge in [-0.2, -0.15) is 0 Å². The molecular formula is C45H55N2O8PSSi. The van der Waals surface area contributed by atoms with Crippen LogP contribution >= 0.6 is 18.6 Å². The lowest BCUT2D eigenvalue weighted by molar-refractivity contribution is -0.384. The molecule has 4 atom stereocenters. The summed E-state index contributed by atoms with van der Waals surface area (Å²) in [6, 6.07) is 34.2. The second kappa shape index (κ2) is 19.2. The average Bonchev–Trinajstić information content (AvgIpc) is 3.19. The number of thioether (sulfide) groups is 1. The van der Waals surface area contributed by atoms with Crippen LogP contribution in [0.3, 0.4) is 0 Å². The first kappa shape index (κ1) is 44.8. The van der Waals surface area contributed by atoms with E-state index in [0.717, 1.165) is 15.9 Å². The maximum absolute atomic E-state index is 15.4. The van der Waals surface area contributed by atoms with Crippen molar-refractivity contribution in [3.8, 4) is 0 Å². The summed E-state index contributed by atoms with van der Waals surface area (Å²) in [6.45, 7) is 13.5. The van der Waals surface area contributed by atoms with E-state index < -0.39 is 49.4 Å². The number of esters is 1. The van der Waals surface area contributed by atoms with Crippen LogP contribution in [0.5, 0.6) is 0 Å². The fourth-order valence-electron chi connectivity index (χ4n) is 7.22. The monoisotopic (exact) mass is 842 g/mol. The first-order valence-corrected chi connectivity index (χ1v) is 25.3. The van der Waals surface area contributed by atoms with Crippen LogP contribution in [-0.2, 0) is 34.9 Å². The summed E-state index contributed by atoms with van der Waals surface area (Å²) in [5.74, 6) is -1.42. The second-order valence-corrected chi connectivity index (χ2v) is 25.2. The number of carbonyl (C=O) groups is 3. The number of likely N-dealkylation sites (tertiary alicyclic amines) is 1. The van der Waals surface area contributed by atoms with Crippen LogP contribution in [0.1, 0.15) is 47.1 Å². The van der Waals surface area contributed by atoms with Crippen LogP contribution in [-0.4, -0.2) is 77.6 Å². The molecule has 1 aliphatic heterocycles. The summed E-state index contributed by atoms with van der Waals surface area (Å²) >= 11 is 1.42. The van der Waals surface area contributed by atoms with Gasteiger partial charge < -0.3 is 13.9 Å². The van der Waals surface area contributed by atoms with Gasteiger partial charge >= 0.3 is 5.97 Å². The highest BCUT2D eigenvalue weighted by molar-refractivity contribution is 8.00. The molecule has 0 spiro atoms. The van der Waals surface area contributed by atoms with E-state index in [1.807, 2.05) is 105 Å². The number of nitrogens with zero attached hydrogens (tertiary/aromatic N) is 2. The highest BCUT2D eigenvalue weighted by Gasteiger charge is 2.60. The van der Waals surface area contributed by atoms with Crippen molar-refractivity contribution in [3.05, 3.63) is 131 Å². The summed E-state index contributed by atoms with van der Waals surface area (Å²) in [5, 5.41) is 13.0. The Hall–Kier alpha value is -4.32. The molecule has 5 rings (SSSR count). The normalized spacial score (nSPS) is 16.9. The molecule has 0 saturated carbocycles. The number of nitro benzene ring substituents is 1. The zero-order valence-electron chi connectivity index (χ0n) is 34.6. The minimum atomic E-state index is -3.31. The number of ether oxygens (including phenoxy) is 2. The Morgan fingerprint density at radius 3 is 1.81 bits per heavy atom. The molecule has 0 bridgehead atoms. The van der Waals surface area contributed by atoms with E-state index in [9.17, 15) is 14.9 Å². The molecule has 1 fully saturated rings. The van der Waals surface area contributed by atoms with Gasteiger partial charge in [0.2, 0.25) is 5.91 Å². The molecule has 1 saturated heterocycles. The number of hydrogen-bond acceptors (Lipinski definition) is 9. The van der Waals surface area contributed by atoms with Crippen molar-refractivity contribution in [2.75, 3.05) is 19.0 Å². The lowest BCUT2D eigenvalue weighted by atomic mass is 9.80. The molecule has 0 radical (unpaired) electrons. The molecule has 308 valence electrons. The third kappa shape index (κ3) is 9.42. The van der Waals surface area contributed by atoms with E-state index in [4.69, 9.17) is 13.9 Å². The van der Waals surface area contributed by atoms with Gasteiger partial charge in [-0.3, -0.25) is 24.6 Å². The summed E-state index contributed by atoms with van der Waals surface area (Å²) < 4.78 is 18.8. The van der Waals surface area contributed by atoms with Gasteiger partial charge in [0.1, 0.15) is 17.8 Å².